The van der Waals surface area contributed by atoms with Crippen LogP contribution in [0.25, 0.3) is 22.1 Å². The van der Waals surface area contributed by atoms with Crippen LogP contribution >= 0.6 is 0 Å². The second-order valence-electron chi connectivity index (χ2n) is 17.7. The monoisotopic (exact) mass is 771 g/mol. The minimum absolute atomic E-state index is 0.0101. The third-order valence-electron chi connectivity index (χ3n) is 12.6. The van der Waals surface area contributed by atoms with Gasteiger partial charge in [-0.3, -0.25) is 18.9 Å². The highest BCUT2D eigenvalue weighted by Gasteiger charge is 2.44. The lowest BCUT2D eigenvalue weighted by Gasteiger charge is -2.43. The van der Waals surface area contributed by atoms with E-state index in [0.29, 0.717) is 13.1 Å². The van der Waals surface area contributed by atoms with Crippen LogP contribution in [0.1, 0.15) is 92.2 Å². The van der Waals surface area contributed by atoms with Crippen molar-refractivity contribution in [1.29, 1.82) is 0 Å². The van der Waals surface area contributed by atoms with E-state index in [2.05, 4.69) is 38.9 Å². The zero-order valence-electron chi connectivity index (χ0n) is 34.1. The number of para-hydroxylation sites is 4. The van der Waals surface area contributed by atoms with Crippen LogP contribution < -0.4 is 16.7 Å². The van der Waals surface area contributed by atoms with Gasteiger partial charge in [0, 0.05) is 82.1 Å². The smallest absolute Gasteiger partial charge is 0.410 e. The lowest BCUT2D eigenvalue weighted by molar-refractivity contribution is 0.0221. The number of rotatable bonds is 5. The molecule has 3 amide bonds. The van der Waals surface area contributed by atoms with E-state index in [1.54, 1.807) is 0 Å². The van der Waals surface area contributed by atoms with Gasteiger partial charge in [0.2, 0.25) is 0 Å². The number of aromatic amines is 2. The molecule has 2 unspecified atom stereocenters. The number of nitrogens with one attached hydrogen (secondary N) is 3. The summed E-state index contributed by atoms with van der Waals surface area (Å²) in [5.41, 5.74) is 3.28. The lowest BCUT2D eigenvalue weighted by Crippen LogP contribution is -2.53. The highest BCUT2D eigenvalue weighted by molar-refractivity contribution is 5.76. The minimum atomic E-state index is -0.471. The molecule has 0 bridgehead atoms. The molecule has 0 aliphatic carbocycles. The number of carbonyl (C=O) groups is 2. The number of benzene rings is 2. The number of aromatic nitrogens is 4. The van der Waals surface area contributed by atoms with Gasteiger partial charge in [0.05, 0.1) is 22.1 Å². The average Bonchev–Trinajstić information content (AvgIpc) is 3.94. The average molecular weight is 772 g/mol. The SMILES string of the molecule is CC(C)(C)OC(=O)N1CCC(C)(N2CCC(n3c(=O)[nH]c4ccccc43)CC2)C1.CCNC(=O)N1CCC(C)(N2CCC(n3c(=O)[nH]c4ccccc43)CC2)C1. The number of fused-ring (bicyclic) bond motifs is 2. The fourth-order valence-electron chi connectivity index (χ4n) is 9.53. The Hall–Kier alpha value is -4.56. The molecule has 4 fully saturated rings. The van der Waals surface area contributed by atoms with Crippen LogP contribution in [-0.4, -0.2) is 126 Å². The Morgan fingerprint density at radius 1 is 0.714 bits per heavy atom. The molecule has 14 nitrogen and oxygen atoms in total. The summed E-state index contributed by atoms with van der Waals surface area (Å²) in [4.78, 5) is 64.3. The molecule has 4 saturated heterocycles. The highest BCUT2D eigenvalue weighted by atomic mass is 16.6. The molecular formula is C42H61N9O5. The topological polar surface area (TPSA) is 144 Å². The fourth-order valence-corrected chi connectivity index (χ4v) is 9.53. The van der Waals surface area contributed by atoms with Crippen molar-refractivity contribution in [2.24, 2.45) is 0 Å². The Balaban J connectivity index is 0.000000172. The van der Waals surface area contributed by atoms with Crippen LogP contribution in [0.15, 0.2) is 58.1 Å². The zero-order chi connectivity index (χ0) is 39.8. The predicted molar refractivity (Wildman–Crippen MR) is 219 cm³/mol. The molecule has 2 aromatic carbocycles. The Kier molecular flexibility index (Phi) is 11.2. The molecule has 6 heterocycles. The van der Waals surface area contributed by atoms with Gasteiger partial charge in [-0.15, -0.1) is 0 Å². The highest BCUT2D eigenvalue weighted by Crippen LogP contribution is 2.35. The van der Waals surface area contributed by atoms with Crippen LogP contribution in [0, 0.1) is 0 Å². The van der Waals surface area contributed by atoms with E-state index < -0.39 is 5.60 Å². The first-order valence-corrected chi connectivity index (χ1v) is 20.6. The number of hydrogen-bond acceptors (Lipinski definition) is 7. The van der Waals surface area contributed by atoms with E-state index in [0.717, 1.165) is 106 Å². The first kappa shape index (κ1) is 39.7. The molecule has 2 aromatic heterocycles. The van der Waals surface area contributed by atoms with Crippen LogP contribution in [-0.2, 0) is 4.74 Å². The van der Waals surface area contributed by atoms with E-state index in [4.69, 9.17) is 4.74 Å². The van der Waals surface area contributed by atoms with Gasteiger partial charge in [-0.2, -0.15) is 0 Å². The minimum Gasteiger partial charge on any atom is -0.444 e. The molecule has 0 spiro atoms. The first-order chi connectivity index (χ1) is 26.7. The number of likely N-dealkylation sites (tertiary alicyclic amines) is 4. The van der Waals surface area contributed by atoms with Crippen LogP contribution in [0.3, 0.4) is 0 Å². The van der Waals surface area contributed by atoms with Gasteiger partial charge in [-0.25, -0.2) is 19.2 Å². The standard InChI is InChI=1S/C22H32N4O3.C20H29N5O2/c1-21(2,3)29-20(28)24-14-11-22(4,15-24)25-12-9-16(10-13-25)26-18-8-6-5-7-17(18)23-19(26)27;1-3-21-18(26)23-13-10-20(2,14-23)24-11-8-15(9-12-24)25-17-7-5-4-6-16(17)22-19(25)27/h5-8,16H,9-15H2,1-4H3,(H,23,27);4-7,15H,3,8-14H2,1-2H3,(H,21,26)(H,22,27). The predicted octanol–water partition coefficient (Wildman–Crippen LogP) is 5.53. The van der Waals surface area contributed by atoms with Crippen LogP contribution in [0.5, 0.6) is 0 Å². The molecule has 4 aliphatic heterocycles. The molecule has 14 heteroatoms. The van der Waals surface area contributed by atoms with Gasteiger partial charge >= 0.3 is 23.5 Å². The normalized spacial score (nSPS) is 24.5. The fraction of sp³-hybridized carbons (Fsp3) is 0.619. The Bertz CT molecular complexity index is 2130. The summed E-state index contributed by atoms with van der Waals surface area (Å²) in [6.07, 6.45) is 5.51. The first-order valence-electron chi connectivity index (χ1n) is 20.6. The van der Waals surface area contributed by atoms with Crippen molar-refractivity contribution in [3.63, 3.8) is 0 Å². The summed E-state index contributed by atoms with van der Waals surface area (Å²) in [6.45, 7) is 19.6. The van der Waals surface area contributed by atoms with Crippen molar-refractivity contribution < 1.29 is 14.3 Å². The summed E-state index contributed by atoms with van der Waals surface area (Å²) < 4.78 is 9.41. The number of nitrogens with zero attached hydrogens (tertiary/aromatic N) is 6. The van der Waals surface area contributed by atoms with E-state index in [9.17, 15) is 19.2 Å². The lowest BCUT2D eigenvalue weighted by atomic mass is 9.94. The van der Waals surface area contributed by atoms with Crippen LogP contribution in [0.4, 0.5) is 9.59 Å². The Labute approximate surface area is 329 Å². The van der Waals surface area contributed by atoms with Crippen molar-refractivity contribution in [3.8, 4) is 0 Å². The van der Waals surface area contributed by atoms with Crippen LogP contribution in [0.2, 0.25) is 0 Å². The number of urea groups is 1. The molecule has 304 valence electrons. The van der Waals surface area contributed by atoms with Crippen molar-refractivity contribution in [1.82, 2.24) is 44.0 Å². The zero-order valence-corrected chi connectivity index (χ0v) is 34.1. The quantitative estimate of drug-likeness (QED) is 0.242. The molecule has 0 radical (unpaired) electrons. The number of ether oxygens (including phenoxy) is 1. The molecule has 4 aromatic rings. The molecule has 3 N–H and O–H groups in total. The van der Waals surface area contributed by atoms with E-state index >= 15 is 0 Å². The third-order valence-corrected chi connectivity index (χ3v) is 12.6. The summed E-state index contributed by atoms with van der Waals surface area (Å²) >= 11 is 0. The summed E-state index contributed by atoms with van der Waals surface area (Å²) in [5.74, 6) is 0. The van der Waals surface area contributed by atoms with E-state index in [1.165, 1.54) is 0 Å². The van der Waals surface area contributed by atoms with Crippen molar-refractivity contribution >= 4 is 34.2 Å². The molecule has 56 heavy (non-hydrogen) atoms. The third kappa shape index (κ3) is 8.13. The maximum absolute atomic E-state index is 12.5. The Morgan fingerprint density at radius 2 is 1.14 bits per heavy atom. The number of carbonyl (C=O) groups excluding carboxylic acids is 2. The second-order valence-corrected chi connectivity index (χ2v) is 17.7. The van der Waals surface area contributed by atoms with Gasteiger partial charge in [0.15, 0.2) is 0 Å². The van der Waals surface area contributed by atoms with E-state index in [-0.39, 0.29) is 46.7 Å². The second kappa shape index (κ2) is 15.8. The van der Waals surface area contributed by atoms with Gasteiger partial charge in [0.1, 0.15) is 5.60 Å². The van der Waals surface area contributed by atoms with Gasteiger partial charge in [-0.05, 0) is 104 Å². The van der Waals surface area contributed by atoms with E-state index in [1.807, 2.05) is 95.2 Å². The van der Waals surface area contributed by atoms with Gasteiger partial charge < -0.3 is 29.8 Å². The molecule has 0 saturated carbocycles. The number of piperidine rings is 2. The Morgan fingerprint density at radius 3 is 1.59 bits per heavy atom. The van der Waals surface area contributed by atoms with Gasteiger partial charge in [0.25, 0.3) is 0 Å². The number of hydrogen-bond donors (Lipinski definition) is 3. The maximum Gasteiger partial charge on any atom is 0.410 e. The number of imidazole rings is 2. The maximum atomic E-state index is 12.5. The molecule has 8 rings (SSSR count). The summed E-state index contributed by atoms with van der Waals surface area (Å²) in [5, 5.41) is 2.90. The summed E-state index contributed by atoms with van der Waals surface area (Å²) in [6, 6.07) is 16.3. The largest absolute Gasteiger partial charge is 0.444 e. The van der Waals surface area contributed by atoms with Crippen molar-refractivity contribution in [3.05, 3.63) is 69.5 Å². The number of H-pyrrole nitrogens is 2. The number of amides is 3. The molecular weight excluding hydrogens is 711 g/mol. The van der Waals surface area contributed by atoms with Crippen molar-refractivity contribution in [2.45, 2.75) is 109 Å². The van der Waals surface area contributed by atoms with Crippen molar-refractivity contribution in [2.75, 3.05) is 58.9 Å². The van der Waals surface area contributed by atoms with Gasteiger partial charge in [-0.1, -0.05) is 24.3 Å². The summed E-state index contributed by atoms with van der Waals surface area (Å²) in [7, 11) is 0. The molecule has 2 atom stereocenters. The molecule has 4 aliphatic rings.